The summed E-state index contributed by atoms with van der Waals surface area (Å²) in [5.74, 6) is 0. The van der Waals surface area contributed by atoms with Gasteiger partial charge in [-0.05, 0) is 41.3 Å². The quantitative estimate of drug-likeness (QED) is 0.872. The van der Waals surface area contributed by atoms with Gasteiger partial charge in [0.05, 0.1) is 5.60 Å². The zero-order chi connectivity index (χ0) is 12.2. The Morgan fingerprint density at radius 2 is 2.12 bits per heavy atom. The fraction of sp³-hybridized carbons (Fsp3) is 0.667. The van der Waals surface area contributed by atoms with E-state index >= 15 is 0 Å². The molecule has 1 aromatic heterocycles. The lowest BCUT2D eigenvalue weighted by Crippen LogP contribution is -2.49. The van der Waals surface area contributed by atoms with Gasteiger partial charge < -0.3 is 10.5 Å². The molecule has 0 aromatic carbocycles. The van der Waals surface area contributed by atoms with Gasteiger partial charge in [-0.15, -0.1) is 11.3 Å². The normalized spacial score (nSPS) is 14.1. The van der Waals surface area contributed by atoms with Crippen LogP contribution in [0.4, 0.5) is 0 Å². The molecule has 2 nitrogen and oxygen atoms in total. The second-order valence-electron chi connectivity index (χ2n) is 4.02. The molecule has 0 fully saturated rings. The number of thiophene rings is 1. The van der Waals surface area contributed by atoms with Crippen molar-refractivity contribution in [3.8, 4) is 0 Å². The molecule has 1 rings (SSSR count). The third-order valence-corrected chi connectivity index (χ3v) is 5.04. The van der Waals surface area contributed by atoms with Gasteiger partial charge in [-0.1, -0.05) is 13.8 Å². The van der Waals surface area contributed by atoms with Crippen LogP contribution in [0, 0.1) is 0 Å². The lowest BCUT2D eigenvalue weighted by molar-refractivity contribution is -0.0372. The Morgan fingerprint density at radius 3 is 2.50 bits per heavy atom. The minimum absolute atomic E-state index is 0.0537. The first kappa shape index (κ1) is 14.2. The molecule has 1 unspecified atom stereocenters. The first-order chi connectivity index (χ1) is 7.57. The van der Waals surface area contributed by atoms with E-state index in [1.807, 2.05) is 0 Å². The molecule has 1 atom stereocenters. The molecule has 1 heterocycles. The highest BCUT2D eigenvalue weighted by atomic mass is 79.9. The topological polar surface area (TPSA) is 35.2 Å². The zero-order valence-corrected chi connectivity index (χ0v) is 12.5. The van der Waals surface area contributed by atoms with Gasteiger partial charge in [-0.25, -0.2) is 0 Å². The van der Waals surface area contributed by atoms with Crippen molar-refractivity contribution >= 4 is 27.3 Å². The van der Waals surface area contributed by atoms with Gasteiger partial charge in [0.15, 0.2) is 0 Å². The van der Waals surface area contributed by atoms with Gasteiger partial charge in [0.1, 0.15) is 0 Å². The summed E-state index contributed by atoms with van der Waals surface area (Å²) in [6.45, 7) is 4.27. The van der Waals surface area contributed by atoms with Gasteiger partial charge in [0.25, 0.3) is 0 Å². The first-order valence-corrected chi connectivity index (χ1v) is 7.28. The molecule has 4 heteroatoms. The van der Waals surface area contributed by atoms with Crippen molar-refractivity contribution in [2.75, 3.05) is 7.11 Å². The molecule has 0 bridgehead atoms. The highest BCUT2D eigenvalue weighted by Gasteiger charge is 2.33. The van der Waals surface area contributed by atoms with Crippen molar-refractivity contribution in [3.63, 3.8) is 0 Å². The molecule has 0 saturated heterocycles. The predicted molar refractivity (Wildman–Crippen MR) is 74.0 cm³/mol. The Morgan fingerprint density at radius 1 is 1.50 bits per heavy atom. The van der Waals surface area contributed by atoms with E-state index in [4.69, 9.17) is 10.5 Å². The number of ether oxygens (including phenoxy) is 1. The summed E-state index contributed by atoms with van der Waals surface area (Å²) >= 11 is 5.21. The van der Waals surface area contributed by atoms with E-state index in [0.29, 0.717) is 0 Å². The molecule has 0 aliphatic carbocycles. The minimum Gasteiger partial charge on any atom is -0.377 e. The molecule has 16 heavy (non-hydrogen) atoms. The average Bonchev–Trinajstić information content (AvgIpc) is 2.67. The Balaban J connectivity index is 2.72. The van der Waals surface area contributed by atoms with Crippen LogP contribution in [-0.2, 0) is 11.2 Å². The second kappa shape index (κ2) is 6.15. The molecule has 0 spiro atoms. The maximum atomic E-state index is 6.29. The van der Waals surface area contributed by atoms with E-state index in [9.17, 15) is 0 Å². The van der Waals surface area contributed by atoms with E-state index in [1.54, 1.807) is 18.4 Å². The van der Waals surface area contributed by atoms with Gasteiger partial charge in [-0.3, -0.25) is 0 Å². The zero-order valence-electron chi connectivity index (χ0n) is 10.1. The van der Waals surface area contributed by atoms with Crippen molar-refractivity contribution in [2.24, 2.45) is 5.73 Å². The van der Waals surface area contributed by atoms with Crippen LogP contribution in [0.1, 0.15) is 31.6 Å². The molecule has 0 aliphatic rings. The molecule has 0 radical (unpaired) electrons. The lowest BCUT2D eigenvalue weighted by atomic mass is 9.86. The van der Waals surface area contributed by atoms with Crippen LogP contribution in [-0.4, -0.2) is 18.8 Å². The van der Waals surface area contributed by atoms with E-state index in [-0.39, 0.29) is 11.6 Å². The SMILES string of the molecule is CCC(CC)(OC)C(N)Cc1cc(Br)cs1. The highest BCUT2D eigenvalue weighted by Crippen LogP contribution is 2.28. The minimum atomic E-state index is -0.184. The summed E-state index contributed by atoms with van der Waals surface area (Å²) in [4.78, 5) is 1.31. The summed E-state index contributed by atoms with van der Waals surface area (Å²) in [5, 5.41) is 2.09. The van der Waals surface area contributed by atoms with E-state index in [1.165, 1.54) is 4.88 Å². The predicted octanol–water partition coefficient (Wildman–Crippen LogP) is 3.59. The Labute approximate surface area is 110 Å². The molecule has 1 aromatic rings. The van der Waals surface area contributed by atoms with E-state index in [2.05, 4.69) is 41.2 Å². The van der Waals surface area contributed by atoms with E-state index < -0.39 is 0 Å². The van der Waals surface area contributed by atoms with Gasteiger partial charge in [0, 0.05) is 27.9 Å². The van der Waals surface area contributed by atoms with Gasteiger partial charge in [0.2, 0.25) is 0 Å². The van der Waals surface area contributed by atoms with Crippen LogP contribution in [0.25, 0.3) is 0 Å². The number of methoxy groups -OCH3 is 1. The number of rotatable bonds is 6. The molecular weight excluding hydrogens is 286 g/mol. The third kappa shape index (κ3) is 3.06. The average molecular weight is 306 g/mol. The summed E-state index contributed by atoms with van der Waals surface area (Å²) < 4.78 is 6.78. The van der Waals surface area contributed by atoms with Crippen LogP contribution < -0.4 is 5.73 Å². The van der Waals surface area contributed by atoms with Crippen LogP contribution in [0.15, 0.2) is 15.9 Å². The van der Waals surface area contributed by atoms with Crippen molar-refractivity contribution in [1.29, 1.82) is 0 Å². The Bertz CT molecular complexity index is 314. The van der Waals surface area contributed by atoms with E-state index in [0.717, 1.165) is 23.7 Å². The standard InChI is InChI=1S/C12H20BrNOS/c1-4-12(5-2,15-3)11(14)7-10-6-9(13)8-16-10/h6,8,11H,4-5,7,14H2,1-3H3. The molecule has 0 saturated carbocycles. The van der Waals surface area contributed by atoms with Crippen molar-refractivity contribution in [2.45, 2.75) is 44.8 Å². The number of halogens is 1. The maximum Gasteiger partial charge on any atom is 0.0827 e. The summed E-state index contributed by atoms with van der Waals surface area (Å²) in [7, 11) is 1.76. The maximum absolute atomic E-state index is 6.29. The first-order valence-electron chi connectivity index (χ1n) is 5.61. The monoisotopic (exact) mass is 305 g/mol. The fourth-order valence-corrected chi connectivity index (χ4v) is 3.59. The Kier molecular flexibility index (Phi) is 5.44. The molecule has 2 N–H and O–H groups in total. The van der Waals surface area contributed by atoms with Crippen LogP contribution >= 0.6 is 27.3 Å². The summed E-state index contributed by atoms with van der Waals surface area (Å²) in [6, 6.07) is 2.19. The third-order valence-electron chi connectivity index (χ3n) is 3.32. The largest absolute Gasteiger partial charge is 0.377 e. The molecule has 92 valence electrons. The van der Waals surface area contributed by atoms with Gasteiger partial charge in [-0.2, -0.15) is 0 Å². The molecule has 0 amide bonds. The molecule has 0 aliphatic heterocycles. The number of hydrogen-bond acceptors (Lipinski definition) is 3. The summed E-state index contributed by atoms with van der Waals surface area (Å²) in [5.41, 5.74) is 6.11. The van der Waals surface area contributed by atoms with Crippen molar-refractivity contribution < 1.29 is 4.74 Å². The smallest absolute Gasteiger partial charge is 0.0827 e. The Hall–Kier alpha value is 0.1000. The van der Waals surface area contributed by atoms with Crippen LogP contribution in [0.5, 0.6) is 0 Å². The number of nitrogens with two attached hydrogens (primary N) is 1. The molecular formula is C12H20BrNOS. The van der Waals surface area contributed by atoms with Gasteiger partial charge >= 0.3 is 0 Å². The second-order valence-corrected chi connectivity index (χ2v) is 5.93. The number of hydrogen-bond donors (Lipinski definition) is 1. The van der Waals surface area contributed by atoms with Crippen LogP contribution in [0.3, 0.4) is 0 Å². The van der Waals surface area contributed by atoms with Crippen molar-refractivity contribution in [3.05, 3.63) is 20.8 Å². The lowest BCUT2D eigenvalue weighted by Gasteiger charge is -2.36. The van der Waals surface area contributed by atoms with Crippen LogP contribution in [0.2, 0.25) is 0 Å². The fourth-order valence-electron chi connectivity index (χ4n) is 2.08. The van der Waals surface area contributed by atoms with Crippen molar-refractivity contribution in [1.82, 2.24) is 0 Å². The highest BCUT2D eigenvalue weighted by molar-refractivity contribution is 9.10. The summed E-state index contributed by atoms with van der Waals surface area (Å²) in [6.07, 6.45) is 2.78.